The van der Waals surface area contributed by atoms with Crippen LogP contribution in [-0.4, -0.2) is 121 Å². The van der Waals surface area contributed by atoms with Gasteiger partial charge in [0.2, 0.25) is 0 Å². The molecule has 26 heteroatoms. The molecule has 3 aliphatic rings. The van der Waals surface area contributed by atoms with Gasteiger partial charge in [-0.3, -0.25) is 28.0 Å². The van der Waals surface area contributed by atoms with Crippen LogP contribution in [-0.2, 0) is 69.2 Å². The lowest BCUT2D eigenvalue weighted by atomic mass is 9.68. The van der Waals surface area contributed by atoms with Crippen LogP contribution in [0.3, 0.4) is 0 Å². The van der Waals surface area contributed by atoms with Crippen molar-refractivity contribution in [2.24, 2.45) is 32.5 Å². The molecule has 3 aromatic carbocycles. The Labute approximate surface area is 740 Å². The second kappa shape index (κ2) is 33.4. The number of phosphoric acid groups is 1. The third-order valence-electron chi connectivity index (χ3n) is 24.5. The minimum absolute atomic E-state index is 0.218. The van der Waals surface area contributed by atoms with Gasteiger partial charge in [0.15, 0.2) is 17.2 Å². The Morgan fingerprint density at radius 3 is 0.820 bits per heavy atom. The van der Waals surface area contributed by atoms with Gasteiger partial charge in [0.05, 0.1) is 94.9 Å². The van der Waals surface area contributed by atoms with Crippen molar-refractivity contribution in [1.82, 2.24) is 42.4 Å². The molecule has 12 aromatic rings. The van der Waals surface area contributed by atoms with Crippen LogP contribution < -0.4 is 31.4 Å². The molecule has 0 unspecified atom stereocenters. The number of nitrogens with zero attached hydrogens (tertiary/aromatic N) is 12. The summed E-state index contributed by atoms with van der Waals surface area (Å²) in [7, 11) is -5.71. The van der Waals surface area contributed by atoms with E-state index in [0.29, 0.717) is 165 Å². The Morgan fingerprint density at radius 1 is 0.352 bits per heavy atom. The highest BCUT2D eigenvalue weighted by Gasteiger charge is 2.68. The van der Waals surface area contributed by atoms with Crippen LogP contribution in [0, 0.1) is 32.5 Å². The maximum atomic E-state index is 20.1. The van der Waals surface area contributed by atoms with Crippen molar-refractivity contribution in [3.8, 4) is 33.4 Å². The summed E-state index contributed by atoms with van der Waals surface area (Å²) in [6.45, 7) is 45.4. The van der Waals surface area contributed by atoms with Gasteiger partial charge in [0.1, 0.15) is 16.9 Å². The van der Waals surface area contributed by atoms with Crippen LogP contribution in [0.25, 0.3) is 66.5 Å². The van der Waals surface area contributed by atoms with E-state index in [1.54, 1.807) is 31.9 Å². The number of pyridine rings is 6. The van der Waals surface area contributed by atoms with Crippen molar-refractivity contribution >= 4 is 106 Å². The lowest BCUT2D eigenvalue weighted by Crippen LogP contribution is -2.61. The van der Waals surface area contributed by atoms with Gasteiger partial charge in [-0.1, -0.05) is 209 Å². The molecule has 0 spiro atoms. The molecule has 0 radical (unpaired) electrons. The lowest BCUT2D eigenvalue weighted by molar-refractivity contribution is -0.259. The number of halogens is 3. The number of fused-ring (bicyclic) bond motifs is 3. The van der Waals surface area contributed by atoms with Crippen LogP contribution in [0.5, 0.6) is 0 Å². The van der Waals surface area contributed by atoms with Crippen LogP contribution in [0.4, 0.5) is 17.1 Å². The van der Waals surface area contributed by atoms with E-state index in [2.05, 4.69) is 205 Å². The number of benzene rings is 3. The van der Waals surface area contributed by atoms with E-state index < -0.39 is 57.5 Å². The summed E-state index contributed by atoms with van der Waals surface area (Å²) < 4.78 is 77.6. The average Bonchev–Trinajstić information content (AvgIpc) is 1.35. The van der Waals surface area contributed by atoms with E-state index >= 15 is 4.57 Å². The van der Waals surface area contributed by atoms with Crippen molar-refractivity contribution < 1.29 is 32.3 Å². The fourth-order valence-electron chi connectivity index (χ4n) is 19.6. The van der Waals surface area contributed by atoms with Gasteiger partial charge in [0, 0.05) is 173 Å². The molecule has 12 heterocycles. The maximum absolute atomic E-state index is 20.1. The van der Waals surface area contributed by atoms with E-state index in [0.717, 1.165) is 47.2 Å². The molecule has 0 amide bonds. The normalized spacial score (nSPS) is 15.5. The van der Waals surface area contributed by atoms with Crippen LogP contribution in [0.15, 0.2) is 211 Å². The third kappa shape index (κ3) is 16.7. The van der Waals surface area contributed by atoms with Gasteiger partial charge in [-0.25, -0.2) is 19.5 Å². The number of anilines is 3. The molecule has 0 aliphatic carbocycles. The van der Waals surface area contributed by atoms with Gasteiger partial charge in [-0.05, 0) is 106 Å². The van der Waals surface area contributed by atoms with Crippen molar-refractivity contribution in [2.45, 2.75) is 161 Å². The molecule has 15 rings (SSSR count). The number of hydrogen-bond acceptors (Lipinski definition) is 16. The highest BCUT2D eigenvalue weighted by atomic mass is 79.9. The van der Waals surface area contributed by atoms with Crippen LogP contribution in [0.2, 0.25) is 0 Å². The summed E-state index contributed by atoms with van der Waals surface area (Å²) in [5.74, 6) is 0. The molecule has 22 nitrogen and oxygen atoms in total. The zero-order valence-corrected chi connectivity index (χ0v) is 79.1. The second-order valence-corrected chi connectivity index (χ2v) is 43.1. The summed E-state index contributed by atoms with van der Waals surface area (Å²) >= 11 is 10.9. The largest absolute Gasteiger partial charge is 0.481 e. The first kappa shape index (κ1) is 88.3. The summed E-state index contributed by atoms with van der Waals surface area (Å²) in [5, 5.41) is 2.12. The minimum Gasteiger partial charge on any atom is -0.378 e. The number of morpholine rings is 3. The quantitative estimate of drug-likeness (QED) is 0.0614. The summed E-state index contributed by atoms with van der Waals surface area (Å²) in [5.41, 5.74) is -2.30. The number of phosphoric ester groups is 1. The standard InChI is InChI=1S/C96H114Br3N12O10P/c1-88(2,3)94(89(4,5)6,109-61-79(76-52-73(55-100-85(76)109)103-34-40-116-41-35-103)67-28-31-106(82(112)49-67)58-64-22-19-25-70(97)46-64)119-122(115,120-95(90(7,8)9,91(10,11)12)110-62-80(77-53-74(56-101-86(77)110)104-36-42-117-43-37-104)68-29-32-107(83(113)50-68)59-65-23-20-26-71(98)47-65)121-96(92(13,14)15,93(16,17)18)111-63-81(78-54-75(57-102-87(78)111)105-38-44-118-45-39-105)69-30-33-108(84(114)51-69)60-66-24-21-27-72(99)48-66/h19-33,46-57,61-63H,34-45,58-60H2,1-18H3. The molecule has 3 saturated heterocycles. The summed E-state index contributed by atoms with van der Waals surface area (Å²) in [4.78, 5) is 68.3. The molecule has 644 valence electrons. The first-order valence-electron chi connectivity index (χ1n) is 42.1. The highest BCUT2D eigenvalue weighted by Crippen LogP contribution is 2.73. The van der Waals surface area contributed by atoms with Gasteiger partial charge in [-0.2, -0.15) is 0 Å². The van der Waals surface area contributed by atoms with Gasteiger partial charge in [0.25, 0.3) is 16.7 Å². The topological polar surface area (TPSA) is 202 Å². The summed E-state index contributed by atoms with van der Waals surface area (Å²) in [6, 6.07) is 41.2. The number of rotatable bonds is 21. The highest BCUT2D eigenvalue weighted by molar-refractivity contribution is 9.11. The van der Waals surface area contributed by atoms with Crippen molar-refractivity contribution in [3.05, 3.63) is 244 Å². The molecule has 0 N–H and O–H groups in total. The molecule has 0 bridgehead atoms. The molecule has 3 aliphatic heterocycles. The molecule has 122 heavy (non-hydrogen) atoms. The molecular weight excluding hydrogens is 1750 g/mol. The Morgan fingerprint density at radius 2 is 0.598 bits per heavy atom. The molecule has 0 atom stereocenters. The Bertz CT molecular complexity index is 5530. The predicted molar refractivity (Wildman–Crippen MR) is 499 cm³/mol. The van der Waals surface area contributed by atoms with Crippen molar-refractivity contribution in [1.29, 1.82) is 0 Å². The van der Waals surface area contributed by atoms with Crippen LogP contribution in [0.1, 0.15) is 141 Å². The van der Waals surface area contributed by atoms with E-state index in [-0.39, 0.29) is 16.7 Å². The monoisotopic (exact) mass is 1860 g/mol. The van der Waals surface area contributed by atoms with E-state index in [1.807, 2.05) is 160 Å². The predicted octanol–water partition coefficient (Wildman–Crippen LogP) is 21.0. The molecular formula is C96H114Br3N12O10P. The number of hydrogen-bond donors (Lipinski definition) is 0. The summed E-state index contributed by atoms with van der Waals surface area (Å²) in [6.07, 6.45) is 17.2. The number of aromatic nitrogens is 9. The zero-order chi connectivity index (χ0) is 87.2. The lowest BCUT2D eigenvalue weighted by Gasteiger charge is -2.59. The molecule has 0 saturated carbocycles. The maximum Gasteiger partial charge on any atom is 0.481 e. The van der Waals surface area contributed by atoms with Crippen LogP contribution >= 0.6 is 55.6 Å². The average molecular weight is 1870 g/mol. The zero-order valence-electron chi connectivity index (χ0n) is 73.5. The van der Waals surface area contributed by atoms with E-state index in [9.17, 15) is 14.4 Å². The van der Waals surface area contributed by atoms with Gasteiger partial charge >= 0.3 is 7.82 Å². The molecule has 3 fully saturated rings. The first-order valence-corrected chi connectivity index (χ1v) is 46.0. The van der Waals surface area contributed by atoms with Gasteiger partial charge < -0.3 is 56.3 Å². The Hall–Kier alpha value is -8.59. The van der Waals surface area contributed by atoms with E-state index in [4.69, 9.17) is 42.7 Å². The fourth-order valence-corrected chi connectivity index (χ4v) is 24.0. The molecule has 9 aromatic heterocycles. The second-order valence-electron chi connectivity index (χ2n) is 38.9. The Balaban J connectivity index is 1.02. The van der Waals surface area contributed by atoms with Crippen molar-refractivity contribution in [3.63, 3.8) is 0 Å². The third-order valence-corrected chi connectivity index (χ3v) is 27.5. The fraction of sp³-hybridized carbons (Fsp3) is 0.438. The smallest absolute Gasteiger partial charge is 0.378 e. The first-order chi connectivity index (χ1) is 57.5. The Kier molecular flexibility index (Phi) is 24.2. The van der Waals surface area contributed by atoms with E-state index in [1.165, 1.54) is 0 Å². The number of ether oxygens (including phenoxy) is 3. The minimum atomic E-state index is -5.71. The van der Waals surface area contributed by atoms with Crippen molar-refractivity contribution in [2.75, 3.05) is 93.6 Å². The SMILES string of the molecule is CC(C)(C)C(OP(=O)(OC(n1cc(-c2ccn(Cc3cccc(Br)c3)c(=O)c2)c2cc(N3CCOCC3)cnc21)(C(C)(C)C)C(C)(C)C)OC(n1cc(-c2ccn(Cc3cccc(Br)c3)c(=O)c2)c2cc(N3CCOCC3)cnc21)(C(C)(C)C)C(C)(C)C)(n1cc(-c2ccn(Cc3cccc(Br)c3)c(=O)c2)c2cc(N3CCOCC3)cnc21)C(C)(C)C. The van der Waals surface area contributed by atoms with Gasteiger partial charge in [-0.15, -0.1) is 0 Å².